The maximum atomic E-state index is 5.61. The molecule has 0 aliphatic heterocycles. The predicted molar refractivity (Wildman–Crippen MR) is 232 cm³/mol. The van der Waals surface area contributed by atoms with Crippen molar-refractivity contribution in [3.05, 3.63) is 188 Å². The zero-order valence-electron chi connectivity index (χ0n) is 30.1. The minimum absolute atomic E-state index is 0.642. The summed E-state index contributed by atoms with van der Waals surface area (Å²) in [7, 11) is 0. The van der Waals surface area contributed by atoms with Crippen molar-refractivity contribution in [2.45, 2.75) is 0 Å². The van der Waals surface area contributed by atoms with Crippen molar-refractivity contribution >= 4 is 76.1 Å². The summed E-state index contributed by atoms with van der Waals surface area (Å²) in [6.45, 7) is 0. The third kappa shape index (κ3) is 4.39. The first-order valence-corrected chi connectivity index (χ1v) is 19.0. The number of imidazole rings is 1. The van der Waals surface area contributed by atoms with Crippen LogP contribution in [-0.4, -0.2) is 24.1 Å². The summed E-state index contributed by atoms with van der Waals surface area (Å²) in [6.07, 6.45) is 0. The Kier molecular flexibility index (Phi) is 6.56. The molecule has 3 aromatic heterocycles. The first-order chi connectivity index (χ1) is 27.8. The molecule has 12 rings (SSSR count). The average Bonchev–Trinajstić information content (AvgIpc) is 3.83. The molecule has 5 nitrogen and oxygen atoms in total. The maximum Gasteiger partial charge on any atom is 0.235 e. The minimum atomic E-state index is 0.642. The van der Waals surface area contributed by atoms with Gasteiger partial charge in [-0.2, -0.15) is 0 Å². The predicted octanol–water partition coefficient (Wildman–Crippen LogP) is 12.9. The Hall–Kier alpha value is -7.63. The third-order valence-corrected chi connectivity index (χ3v) is 11.3. The lowest BCUT2D eigenvalue weighted by Gasteiger charge is -2.14. The lowest BCUT2D eigenvalue weighted by Crippen LogP contribution is -2.03. The Bertz CT molecular complexity index is 3510. The van der Waals surface area contributed by atoms with Gasteiger partial charge in [0.1, 0.15) is 5.82 Å². The van der Waals surface area contributed by atoms with Gasteiger partial charge in [0, 0.05) is 43.7 Å². The van der Waals surface area contributed by atoms with Gasteiger partial charge in [-0.05, 0) is 57.9 Å². The van der Waals surface area contributed by atoms with Crippen LogP contribution in [-0.2, 0) is 0 Å². The van der Waals surface area contributed by atoms with Gasteiger partial charge in [-0.15, -0.1) is 0 Å². The summed E-state index contributed by atoms with van der Waals surface area (Å²) < 4.78 is 4.56. The molecule has 0 spiro atoms. The quantitative estimate of drug-likeness (QED) is 0.171. The normalized spacial score (nSPS) is 11.9. The van der Waals surface area contributed by atoms with Gasteiger partial charge in [-0.3, -0.25) is 9.13 Å². The third-order valence-electron chi connectivity index (χ3n) is 11.3. The maximum absolute atomic E-state index is 5.61. The van der Waals surface area contributed by atoms with Crippen molar-refractivity contribution in [3.8, 4) is 34.3 Å². The highest BCUT2D eigenvalue weighted by Gasteiger charge is 2.24. The molecule has 0 radical (unpaired) electrons. The molecule has 0 aliphatic rings. The second-order valence-corrected chi connectivity index (χ2v) is 14.4. The summed E-state index contributed by atoms with van der Waals surface area (Å²) in [5.74, 6) is 1.55. The summed E-state index contributed by atoms with van der Waals surface area (Å²) in [4.78, 5) is 16.2. The lowest BCUT2D eigenvalue weighted by molar-refractivity contribution is 1.01. The van der Waals surface area contributed by atoms with Crippen molar-refractivity contribution in [1.82, 2.24) is 24.1 Å². The van der Waals surface area contributed by atoms with E-state index >= 15 is 0 Å². The molecule has 56 heavy (non-hydrogen) atoms. The van der Waals surface area contributed by atoms with E-state index in [2.05, 4.69) is 185 Å². The Labute approximate surface area is 321 Å². The van der Waals surface area contributed by atoms with Gasteiger partial charge < -0.3 is 0 Å². The molecule has 0 fully saturated rings. The molecule has 260 valence electrons. The van der Waals surface area contributed by atoms with E-state index in [9.17, 15) is 0 Å². The Morgan fingerprint density at radius 2 is 0.893 bits per heavy atom. The van der Waals surface area contributed by atoms with Crippen LogP contribution in [0.2, 0.25) is 0 Å². The molecule has 9 aromatic carbocycles. The number of fused-ring (bicyclic) bond motifs is 13. The lowest BCUT2D eigenvalue weighted by atomic mass is 9.91. The van der Waals surface area contributed by atoms with E-state index in [-0.39, 0.29) is 0 Å². The topological polar surface area (TPSA) is 48.5 Å². The van der Waals surface area contributed by atoms with E-state index in [0.29, 0.717) is 5.95 Å². The van der Waals surface area contributed by atoms with Crippen LogP contribution in [0, 0.1) is 0 Å². The standard InChI is InChI=1S/C51H31N5/c1-4-16-32(17-5-1)48-39-24-12-14-26-41(39)52-51(54-48)56-42-27-15-13-25-40(42)45-43(56)30-28-37-35-22-10-11-23-36(35)38-29-31-44-49(47(38)46(37)45)53-50(33-18-6-2-7-19-33)55(44)34-20-8-3-9-21-34/h1-31H. The number of rotatable bonds is 4. The smallest absolute Gasteiger partial charge is 0.235 e. The highest BCUT2D eigenvalue weighted by atomic mass is 15.2. The fourth-order valence-electron chi connectivity index (χ4n) is 8.93. The molecule has 0 aliphatic carbocycles. The summed E-state index contributed by atoms with van der Waals surface area (Å²) >= 11 is 0. The SMILES string of the molecule is c1ccc(-c2nc(-n3c4ccccc4c4c5c(ccc43)c3ccccc3c3ccc4c(nc(-c6ccccc6)n4-c4ccccc4)c35)nc3ccccc23)cc1. The van der Waals surface area contributed by atoms with Crippen LogP contribution in [0.3, 0.4) is 0 Å². The highest BCUT2D eigenvalue weighted by Crippen LogP contribution is 2.46. The largest absolute Gasteiger partial charge is 0.292 e. The van der Waals surface area contributed by atoms with Gasteiger partial charge in [0.2, 0.25) is 5.95 Å². The molecule has 0 atom stereocenters. The highest BCUT2D eigenvalue weighted by molar-refractivity contribution is 6.38. The zero-order valence-corrected chi connectivity index (χ0v) is 30.1. The molecule has 0 amide bonds. The Morgan fingerprint density at radius 3 is 1.62 bits per heavy atom. The van der Waals surface area contributed by atoms with Gasteiger partial charge in [0.25, 0.3) is 0 Å². The first kappa shape index (κ1) is 30.8. The van der Waals surface area contributed by atoms with Crippen LogP contribution in [0.15, 0.2) is 188 Å². The van der Waals surface area contributed by atoms with Crippen molar-refractivity contribution in [1.29, 1.82) is 0 Å². The molecule has 0 unspecified atom stereocenters. The van der Waals surface area contributed by atoms with Gasteiger partial charge in [-0.25, -0.2) is 15.0 Å². The van der Waals surface area contributed by atoms with E-state index in [1.165, 1.54) is 26.9 Å². The van der Waals surface area contributed by atoms with E-state index in [1.807, 2.05) is 12.1 Å². The molecule has 0 saturated heterocycles. The van der Waals surface area contributed by atoms with Crippen molar-refractivity contribution < 1.29 is 0 Å². The molecule has 5 heteroatoms. The van der Waals surface area contributed by atoms with Gasteiger partial charge in [0.15, 0.2) is 0 Å². The average molecular weight is 714 g/mol. The molecular formula is C51H31N5. The number of nitrogens with zero attached hydrogens (tertiary/aromatic N) is 5. The van der Waals surface area contributed by atoms with Crippen LogP contribution < -0.4 is 0 Å². The van der Waals surface area contributed by atoms with Crippen LogP contribution in [0.5, 0.6) is 0 Å². The molecule has 0 N–H and O–H groups in total. The van der Waals surface area contributed by atoms with E-state index in [4.69, 9.17) is 15.0 Å². The molecule has 12 aromatic rings. The monoisotopic (exact) mass is 713 g/mol. The summed E-state index contributed by atoms with van der Waals surface area (Å²) in [5.41, 5.74) is 9.14. The van der Waals surface area contributed by atoms with Crippen LogP contribution >= 0.6 is 0 Å². The number of benzene rings is 9. The summed E-state index contributed by atoms with van der Waals surface area (Å²) in [5, 5.41) is 10.4. The number of aromatic nitrogens is 5. The van der Waals surface area contributed by atoms with E-state index < -0.39 is 0 Å². The van der Waals surface area contributed by atoms with E-state index in [1.54, 1.807) is 0 Å². The molecule has 0 saturated carbocycles. The Morgan fingerprint density at radius 1 is 0.321 bits per heavy atom. The van der Waals surface area contributed by atoms with Crippen molar-refractivity contribution in [2.24, 2.45) is 0 Å². The van der Waals surface area contributed by atoms with Crippen LogP contribution in [0.25, 0.3) is 110 Å². The molecule has 0 bridgehead atoms. The molecule has 3 heterocycles. The second-order valence-electron chi connectivity index (χ2n) is 14.4. The fourth-order valence-corrected chi connectivity index (χ4v) is 8.93. The fraction of sp³-hybridized carbons (Fsp3) is 0. The van der Waals surface area contributed by atoms with Gasteiger partial charge in [0.05, 0.1) is 33.3 Å². The summed E-state index contributed by atoms with van der Waals surface area (Å²) in [6, 6.07) is 66.4. The van der Waals surface area contributed by atoms with E-state index in [0.717, 1.165) is 77.5 Å². The van der Waals surface area contributed by atoms with Gasteiger partial charge >= 0.3 is 0 Å². The molecular weight excluding hydrogens is 683 g/mol. The zero-order chi connectivity index (χ0) is 36.7. The van der Waals surface area contributed by atoms with Gasteiger partial charge in [-0.1, -0.05) is 152 Å². The number of hydrogen-bond donors (Lipinski definition) is 0. The second kappa shape index (κ2) is 11.9. The first-order valence-electron chi connectivity index (χ1n) is 19.0. The van der Waals surface area contributed by atoms with Crippen molar-refractivity contribution in [3.63, 3.8) is 0 Å². The van der Waals surface area contributed by atoms with Crippen LogP contribution in [0.1, 0.15) is 0 Å². The van der Waals surface area contributed by atoms with Crippen LogP contribution in [0.4, 0.5) is 0 Å². The Balaban J connectivity index is 1.28. The number of para-hydroxylation sites is 3. The minimum Gasteiger partial charge on any atom is -0.292 e. The number of hydrogen-bond acceptors (Lipinski definition) is 3. The van der Waals surface area contributed by atoms with Crippen molar-refractivity contribution in [2.75, 3.05) is 0 Å².